The number of likely N-dealkylation sites (tertiary alicyclic amines) is 1. The van der Waals surface area contributed by atoms with Gasteiger partial charge < -0.3 is 10.0 Å². The Morgan fingerprint density at radius 3 is 2.53 bits per heavy atom. The van der Waals surface area contributed by atoms with Crippen LogP contribution in [0.25, 0.3) is 0 Å². The van der Waals surface area contributed by atoms with Gasteiger partial charge >= 0.3 is 0 Å². The number of amides is 1. The molecule has 1 N–H and O–H groups in total. The van der Waals surface area contributed by atoms with Gasteiger partial charge in [-0.2, -0.15) is 0 Å². The first-order chi connectivity index (χ1) is 8.11. The van der Waals surface area contributed by atoms with Gasteiger partial charge in [0.15, 0.2) is 0 Å². The lowest BCUT2D eigenvalue weighted by molar-refractivity contribution is -0.129. The maximum atomic E-state index is 11.7. The SMILES string of the molecule is CCc1ccc(C(C)N2CC(O)CC2=O)cc1. The van der Waals surface area contributed by atoms with Crippen molar-refractivity contribution in [1.29, 1.82) is 0 Å². The second-order valence-corrected chi connectivity index (χ2v) is 4.68. The largest absolute Gasteiger partial charge is 0.391 e. The first-order valence-electron chi connectivity index (χ1n) is 6.18. The van der Waals surface area contributed by atoms with E-state index in [9.17, 15) is 9.90 Å². The van der Waals surface area contributed by atoms with Gasteiger partial charge in [0, 0.05) is 6.54 Å². The highest BCUT2D eigenvalue weighted by molar-refractivity contribution is 5.79. The van der Waals surface area contributed by atoms with Crippen LogP contribution in [-0.2, 0) is 11.2 Å². The number of carbonyl (C=O) groups is 1. The average Bonchev–Trinajstić information content (AvgIpc) is 2.68. The molecule has 1 aliphatic rings. The van der Waals surface area contributed by atoms with Gasteiger partial charge in [-0.25, -0.2) is 0 Å². The van der Waals surface area contributed by atoms with Crippen molar-refractivity contribution in [2.75, 3.05) is 6.54 Å². The molecule has 0 spiro atoms. The van der Waals surface area contributed by atoms with Crippen molar-refractivity contribution in [3.8, 4) is 0 Å². The molecule has 3 nitrogen and oxygen atoms in total. The molecular weight excluding hydrogens is 214 g/mol. The molecule has 0 bridgehead atoms. The van der Waals surface area contributed by atoms with Gasteiger partial charge in [-0.3, -0.25) is 4.79 Å². The Morgan fingerprint density at radius 1 is 1.41 bits per heavy atom. The van der Waals surface area contributed by atoms with Gasteiger partial charge in [0.2, 0.25) is 5.91 Å². The summed E-state index contributed by atoms with van der Waals surface area (Å²) >= 11 is 0. The predicted octanol–water partition coefficient (Wildman–Crippen LogP) is 1.90. The molecule has 3 heteroatoms. The summed E-state index contributed by atoms with van der Waals surface area (Å²) in [6, 6.07) is 8.39. The lowest BCUT2D eigenvalue weighted by atomic mass is 10.0. The third-order valence-corrected chi connectivity index (χ3v) is 3.48. The molecule has 2 unspecified atom stereocenters. The molecule has 2 rings (SSSR count). The molecular formula is C14H19NO2. The molecule has 1 fully saturated rings. The minimum Gasteiger partial charge on any atom is -0.391 e. The molecule has 0 saturated carbocycles. The zero-order valence-electron chi connectivity index (χ0n) is 10.4. The Morgan fingerprint density at radius 2 is 2.06 bits per heavy atom. The molecule has 1 aromatic rings. The average molecular weight is 233 g/mol. The van der Waals surface area contributed by atoms with E-state index < -0.39 is 6.10 Å². The van der Waals surface area contributed by atoms with Crippen molar-refractivity contribution in [3.05, 3.63) is 35.4 Å². The quantitative estimate of drug-likeness (QED) is 0.866. The van der Waals surface area contributed by atoms with Gasteiger partial charge in [-0.15, -0.1) is 0 Å². The summed E-state index contributed by atoms with van der Waals surface area (Å²) < 4.78 is 0. The van der Waals surface area contributed by atoms with E-state index in [-0.39, 0.29) is 18.4 Å². The summed E-state index contributed by atoms with van der Waals surface area (Å²) in [5.41, 5.74) is 2.43. The lowest BCUT2D eigenvalue weighted by Gasteiger charge is -2.24. The van der Waals surface area contributed by atoms with E-state index >= 15 is 0 Å². The molecule has 0 radical (unpaired) electrons. The number of hydrogen-bond acceptors (Lipinski definition) is 2. The van der Waals surface area contributed by atoms with Crippen molar-refractivity contribution in [2.45, 2.75) is 38.8 Å². The highest BCUT2D eigenvalue weighted by Gasteiger charge is 2.31. The van der Waals surface area contributed by atoms with Gasteiger partial charge in [0.05, 0.1) is 18.6 Å². The zero-order valence-corrected chi connectivity index (χ0v) is 10.4. The number of aliphatic hydroxyl groups is 1. The van der Waals surface area contributed by atoms with Crippen molar-refractivity contribution in [1.82, 2.24) is 4.90 Å². The fraction of sp³-hybridized carbons (Fsp3) is 0.500. The molecule has 17 heavy (non-hydrogen) atoms. The second-order valence-electron chi connectivity index (χ2n) is 4.68. The van der Waals surface area contributed by atoms with Gasteiger partial charge in [0.25, 0.3) is 0 Å². The van der Waals surface area contributed by atoms with Crippen LogP contribution < -0.4 is 0 Å². The normalized spacial score (nSPS) is 21.9. The smallest absolute Gasteiger partial charge is 0.225 e. The molecule has 1 heterocycles. The second kappa shape index (κ2) is 4.88. The fourth-order valence-electron chi connectivity index (χ4n) is 2.30. The Hall–Kier alpha value is -1.35. The maximum absolute atomic E-state index is 11.7. The number of nitrogens with zero attached hydrogens (tertiary/aromatic N) is 1. The van der Waals surface area contributed by atoms with E-state index in [2.05, 4.69) is 31.2 Å². The van der Waals surface area contributed by atoms with E-state index in [4.69, 9.17) is 0 Å². The minimum atomic E-state index is -0.500. The van der Waals surface area contributed by atoms with Crippen LogP contribution in [0.3, 0.4) is 0 Å². The molecule has 0 aliphatic carbocycles. The van der Waals surface area contributed by atoms with E-state index in [0.29, 0.717) is 6.54 Å². The predicted molar refractivity (Wildman–Crippen MR) is 66.6 cm³/mol. The zero-order chi connectivity index (χ0) is 12.4. The van der Waals surface area contributed by atoms with Crippen LogP contribution in [0.2, 0.25) is 0 Å². The van der Waals surface area contributed by atoms with Crippen molar-refractivity contribution < 1.29 is 9.90 Å². The number of aliphatic hydroxyl groups excluding tert-OH is 1. The van der Waals surface area contributed by atoms with Gasteiger partial charge in [-0.1, -0.05) is 31.2 Å². The van der Waals surface area contributed by atoms with Crippen molar-refractivity contribution in [2.24, 2.45) is 0 Å². The number of benzene rings is 1. The van der Waals surface area contributed by atoms with Crippen LogP contribution in [0.4, 0.5) is 0 Å². The Labute approximate surface area is 102 Å². The molecule has 1 amide bonds. The minimum absolute atomic E-state index is 0.0459. The van der Waals surface area contributed by atoms with Crippen LogP contribution in [-0.4, -0.2) is 28.6 Å². The highest BCUT2D eigenvalue weighted by atomic mass is 16.3. The van der Waals surface area contributed by atoms with Crippen molar-refractivity contribution >= 4 is 5.91 Å². The first kappa shape index (κ1) is 12.1. The van der Waals surface area contributed by atoms with Crippen molar-refractivity contribution in [3.63, 3.8) is 0 Å². The van der Waals surface area contributed by atoms with E-state index in [1.54, 1.807) is 4.90 Å². The number of rotatable bonds is 3. The van der Waals surface area contributed by atoms with Crippen LogP contribution in [0, 0.1) is 0 Å². The maximum Gasteiger partial charge on any atom is 0.225 e. The van der Waals surface area contributed by atoms with Gasteiger partial charge in [-0.05, 0) is 24.5 Å². The summed E-state index contributed by atoms with van der Waals surface area (Å²) in [4.78, 5) is 13.4. The van der Waals surface area contributed by atoms with Crippen LogP contribution >= 0.6 is 0 Å². The third-order valence-electron chi connectivity index (χ3n) is 3.48. The van der Waals surface area contributed by atoms with E-state index in [1.165, 1.54) is 5.56 Å². The number of hydrogen-bond donors (Lipinski definition) is 1. The Balaban J connectivity index is 2.13. The lowest BCUT2D eigenvalue weighted by Crippen LogP contribution is -2.29. The Bertz CT molecular complexity index is 399. The molecule has 92 valence electrons. The molecule has 1 aromatic carbocycles. The topological polar surface area (TPSA) is 40.5 Å². The number of β-amino-alcohol motifs (C(OH)–C–C–N with tert-alkyl or cyclic N) is 1. The fourth-order valence-corrected chi connectivity index (χ4v) is 2.30. The molecule has 2 atom stereocenters. The van der Waals surface area contributed by atoms with Crippen LogP contribution in [0.5, 0.6) is 0 Å². The Kier molecular flexibility index (Phi) is 3.48. The third kappa shape index (κ3) is 2.50. The monoisotopic (exact) mass is 233 g/mol. The standard InChI is InChI=1S/C14H19NO2/c1-3-11-4-6-12(7-5-11)10(2)15-9-13(16)8-14(15)17/h4-7,10,13,16H,3,8-9H2,1-2H3. The molecule has 1 saturated heterocycles. The number of aryl methyl sites for hydroxylation is 1. The summed E-state index contributed by atoms with van der Waals surface area (Å²) in [7, 11) is 0. The summed E-state index contributed by atoms with van der Waals surface area (Å²) in [6.45, 7) is 4.59. The van der Waals surface area contributed by atoms with Gasteiger partial charge in [0.1, 0.15) is 0 Å². The number of carbonyl (C=O) groups excluding carboxylic acids is 1. The summed E-state index contributed by atoms with van der Waals surface area (Å²) in [5, 5.41) is 9.49. The van der Waals surface area contributed by atoms with E-state index in [0.717, 1.165) is 12.0 Å². The summed E-state index contributed by atoms with van der Waals surface area (Å²) in [6.07, 6.45) is 0.785. The van der Waals surface area contributed by atoms with Crippen LogP contribution in [0.15, 0.2) is 24.3 Å². The highest BCUT2D eigenvalue weighted by Crippen LogP contribution is 2.25. The summed E-state index contributed by atoms with van der Waals surface area (Å²) in [5.74, 6) is 0.0459. The first-order valence-corrected chi connectivity index (χ1v) is 6.18. The van der Waals surface area contributed by atoms with Crippen LogP contribution in [0.1, 0.15) is 37.4 Å². The molecule has 1 aliphatic heterocycles. The molecule has 0 aromatic heterocycles. The van der Waals surface area contributed by atoms with E-state index in [1.807, 2.05) is 6.92 Å².